The van der Waals surface area contributed by atoms with E-state index in [1.165, 1.54) is 23.0 Å². The second kappa shape index (κ2) is 5.60. The van der Waals surface area contributed by atoms with Crippen LogP contribution in [-0.4, -0.2) is 22.9 Å². The fourth-order valence-corrected chi connectivity index (χ4v) is 1.94. The van der Waals surface area contributed by atoms with Crippen LogP contribution in [0.2, 0.25) is 10.0 Å². The van der Waals surface area contributed by atoms with Crippen LogP contribution in [0.5, 0.6) is 0 Å². The highest BCUT2D eigenvalue weighted by molar-refractivity contribution is 6.35. The molecule has 1 aromatic heterocycles. The minimum Gasteiger partial charge on any atom is -0.464 e. The van der Waals surface area contributed by atoms with Crippen LogP contribution < -0.4 is 5.43 Å². The summed E-state index contributed by atoms with van der Waals surface area (Å²) < 4.78 is 19.0. The lowest BCUT2D eigenvalue weighted by Gasteiger charge is -2.08. The fourth-order valence-electron chi connectivity index (χ4n) is 1.46. The average molecular weight is 317 g/mol. The Morgan fingerprint density at radius 3 is 2.50 bits per heavy atom. The summed E-state index contributed by atoms with van der Waals surface area (Å²) in [6.45, 7) is 0. The lowest BCUT2D eigenvalue weighted by atomic mass is 10.3. The molecule has 104 valence electrons. The minimum absolute atomic E-state index is 0.201. The van der Waals surface area contributed by atoms with Crippen LogP contribution in [0.3, 0.4) is 0 Å². The summed E-state index contributed by atoms with van der Waals surface area (Å²) in [7, 11) is 1.13. The number of ether oxygens (including phenoxy) is 1. The van der Waals surface area contributed by atoms with Crippen LogP contribution in [0.15, 0.2) is 29.2 Å². The van der Waals surface area contributed by atoms with Crippen LogP contribution in [0, 0.1) is 5.82 Å². The number of rotatable bonds is 2. The Bertz CT molecular complexity index is 723. The molecule has 2 rings (SSSR count). The number of hydrogen-bond donors (Lipinski definition) is 0. The number of hydrogen-bond acceptors (Lipinski definition) is 4. The lowest BCUT2D eigenvalue weighted by Crippen LogP contribution is -2.21. The van der Waals surface area contributed by atoms with Gasteiger partial charge in [-0.1, -0.05) is 23.2 Å². The third kappa shape index (κ3) is 2.66. The van der Waals surface area contributed by atoms with Crippen molar-refractivity contribution in [3.05, 3.63) is 56.2 Å². The summed E-state index contributed by atoms with van der Waals surface area (Å²) in [6, 6.07) is 3.66. The Kier molecular flexibility index (Phi) is 4.06. The van der Waals surface area contributed by atoms with E-state index in [0.29, 0.717) is 5.69 Å². The topological polar surface area (TPSA) is 61.2 Å². The van der Waals surface area contributed by atoms with Crippen LogP contribution in [0.4, 0.5) is 4.39 Å². The largest absolute Gasteiger partial charge is 0.464 e. The van der Waals surface area contributed by atoms with Gasteiger partial charge in [-0.25, -0.2) is 13.9 Å². The van der Waals surface area contributed by atoms with Crippen molar-refractivity contribution in [3.8, 4) is 5.69 Å². The van der Waals surface area contributed by atoms with Crippen molar-refractivity contribution in [3.63, 3.8) is 0 Å². The molecule has 0 unspecified atom stereocenters. The number of methoxy groups -OCH3 is 1. The molecule has 0 saturated heterocycles. The molecule has 0 saturated carbocycles. The van der Waals surface area contributed by atoms with Gasteiger partial charge in [0.25, 0.3) is 0 Å². The van der Waals surface area contributed by atoms with Crippen LogP contribution >= 0.6 is 23.2 Å². The number of esters is 1. The highest BCUT2D eigenvalue weighted by Gasteiger charge is 2.15. The molecule has 2 aromatic rings. The van der Waals surface area contributed by atoms with E-state index in [1.54, 1.807) is 0 Å². The fraction of sp³-hybridized carbons (Fsp3) is 0.0833. The first-order valence-corrected chi connectivity index (χ1v) is 6.03. The first kappa shape index (κ1) is 14.5. The van der Waals surface area contributed by atoms with E-state index in [-0.39, 0.29) is 10.0 Å². The lowest BCUT2D eigenvalue weighted by molar-refractivity contribution is 0.0590. The van der Waals surface area contributed by atoms with Gasteiger partial charge in [-0.05, 0) is 12.1 Å². The van der Waals surface area contributed by atoms with Crippen molar-refractivity contribution in [1.29, 1.82) is 0 Å². The zero-order valence-corrected chi connectivity index (χ0v) is 11.6. The molecule has 20 heavy (non-hydrogen) atoms. The summed E-state index contributed by atoms with van der Waals surface area (Å²) >= 11 is 11.4. The maximum atomic E-state index is 13.3. The van der Waals surface area contributed by atoms with Crippen molar-refractivity contribution in [2.75, 3.05) is 7.11 Å². The molecule has 0 aliphatic heterocycles. The molecule has 0 bridgehead atoms. The van der Waals surface area contributed by atoms with Crippen molar-refractivity contribution in [2.45, 2.75) is 0 Å². The Balaban J connectivity index is 2.59. The van der Waals surface area contributed by atoms with Gasteiger partial charge in [-0.2, -0.15) is 5.10 Å². The van der Waals surface area contributed by atoms with E-state index in [4.69, 9.17) is 23.2 Å². The third-order valence-electron chi connectivity index (χ3n) is 2.42. The Morgan fingerprint density at radius 1 is 1.35 bits per heavy atom. The van der Waals surface area contributed by atoms with E-state index >= 15 is 0 Å². The molecule has 1 heterocycles. The molecular weight excluding hydrogens is 310 g/mol. The quantitative estimate of drug-likeness (QED) is 0.630. The molecule has 0 aliphatic rings. The molecule has 0 spiro atoms. The summed E-state index contributed by atoms with van der Waals surface area (Å²) in [5.74, 6) is -1.63. The highest BCUT2D eigenvalue weighted by Crippen LogP contribution is 2.26. The maximum Gasteiger partial charge on any atom is 0.362 e. The van der Waals surface area contributed by atoms with Crippen molar-refractivity contribution < 1.29 is 13.9 Å². The molecule has 5 nitrogen and oxygen atoms in total. The van der Waals surface area contributed by atoms with E-state index in [1.807, 2.05) is 0 Å². The first-order valence-electron chi connectivity index (χ1n) is 5.27. The molecule has 0 fully saturated rings. The smallest absolute Gasteiger partial charge is 0.362 e. The van der Waals surface area contributed by atoms with Crippen molar-refractivity contribution in [2.24, 2.45) is 0 Å². The zero-order valence-electron chi connectivity index (χ0n) is 10.1. The summed E-state index contributed by atoms with van der Waals surface area (Å²) in [4.78, 5) is 22.9. The van der Waals surface area contributed by atoms with Gasteiger partial charge in [0, 0.05) is 12.3 Å². The normalized spacial score (nSPS) is 10.4. The van der Waals surface area contributed by atoms with E-state index in [0.717, 1.165) is 13.2 Å². The minimum atomic E-state index is -0.872. The number of nitrogens with zero attached hydrogens (tertiary/aromatic N) is 2. The maximum absolute atomic E-state index is 13.3. The van der Waals surface area contributed by atoms with Gasteiger partial charge in [0.05, 0.1) is 22.8 Å². The average Bonchev–Trinajstić information content (AvgIpc) is 2.44. The van der Waals surface area contributed by atoms with Gasteiger partial charge >= 0.3 is 5.97 Å². The Hall–Kier alpha value is -1.92. The van der Waals surface area contributed by atoms with E-state index in [9.17, 15) is 14.0 Å². The van der Waals surface area contributed by atoms with Gasteiger partial charge < -0.3 is 4.74 Å². The number of carbonyl (C=O) groups is 1. The van der Waals surface area contributed by atoms with E-state index in [2.05, 4.69) is 9.84 Å². The number of halogens is 3. The summed E-state index contributed by atoms with van der Waals surface area (Å²) in [6.07, 6.45) is 1.30. The van der Waals surface area contributed by atoms with E-state index < -0.39 is 22.9 Å². The van der Waals surface area contributed by atoms with Gasteiger partial charge in [0.15, 0.2) is 5.82 Å². The SMILES string of the molecule is COC(=O)c1nn(-c2cc(Cl)c(F)c(Cl)c2)ccc1=O. The first-order chi connectivity index (χ1) is 9.43. The predicted octanol–water partition coefficient (Wildman–Crippen LogP) is 2.47. The van der Waals surface area contributed by atoms with Gasteiger partial charge in [0.1, 0.15) is 0 Å². The van der Waals surface area contributed by atoms with Crippen LogP contribution in [0.1, 0.15) is 10.5 Å². The molecule has 0 amide bonds. The summed E-state index contributed by atoms with van der Waals surface area (Å²) in [5.41, 5.74) is -0.689. The van der Waals surface area contributed by atoms with Crippen LogP contribution in [-0.2, 0) is 4.74 Å². The number of benzene rings is 1. The standard InChI is InChI=1S/C12H7Cl2FN2O3/c1-20-12(19)11-9(18)2-3-17(16-11)6-4-7(13)10(15)8(14)5-6/h2-5H,1H3. The molecule has 0 radical (unpaired) electrons. The number of aromatic nitrogens is 2. The molecule has 8 heteroatoms. The molecule has 0 aliphatic carbocycles. The Morgan fingerprint density at radius 2 is 1.95 bits per heavy atom. The predicted molar refractivity (Wildman–Crippen MR) is 71.2 cm³/mol. The monoisotopic (exact) mass is 316 g/mol. The summed E-state index contributed by atoms with van der Waals surface area (Å²) in [5, 5.41) is 3.41. The third-order valence-corrected chi connectivity index (χ3v) is 2.97. The molecule has 1 aromatic carbocycles. The van der Waals surface area contributed by atoms with Crippen molar-refractivity contribution in [1.82, 2.24) is 9.78 Å². The molecule has 0 N–H and O–H groups in total. The number of carbonyl (C=O) groups excluding carboxylic acids is 1. The van der Waals surface area contributed by atoms with Crippen molar-refractivity contribution >= 4 is 29.2 Å². The van der Waals surface area contributed by atoms with Gasteiger partial charge in [0.2, 0.25) is 11.1 Å². The highest BCUT2D eigenvalue weighted by atomic mass is 35.5. The Labute approximate surface area is 122 Å². The van der Waals surface area contributed by atoms with Gasteiger partial charge in [-0.15, -0.1) is 0 Å². The second-order valence-corrected chi connectivity index (χ2v) is 4.50. The second-order valence-electron chi connectivity index (χ2n) is 3.69. The molecule has 0 atom stereocenters. The zero-order chi connectivity index (χ0) is 14.9. The molecular formula is C12H7Cl2FN2O3. The van der Waals surface area contributed by atoms with Crippen LogP contribution in [0.25, 0.3) is 5.69 Å². The van der Waals surface area contributed by atoms with Gasteiger partial charge in [-0.3, -0.25) is 4.79 Å².